The average molecular weight is 660 g/mol. The van der Waals surface area contributed by atoms with Crippen LogP contribution in [0.25, 0.3) is 0 Å². The van der Waals surface area contributed by atoms with Gasteiger partial charge in [-0.1, -0.05) is 31.4 Å². The van der Waals surface area contributed by atoms with Gasteiger partial charge in [0.1, 0.15) is 30.9 Å². The highest BCUT2D eigenvalue weighted by molar-refractivity contribution is 7.59. The molecule has 3 aliphatic heterocycles. The molecule has 0 aromatic heterocycles. The molecule has 0 unspecified atom stereocenters. The number of amides is 2. The number of methoxy groups -OCH3 is 1. The summed E-state index contributed by atoms with van der Waals surface area (Å²) in [6, 6.07) is 7.53. The van der Waals surface area contributed by atoms with E-state index in [-0.39, 0.29) is 90.2 Å². The normalized spacial score (nSPS) is 27.0. The Kier molecular flexibility index (Phi) is 14.6. The Morgan fingerprint density at radius 1 is 0.929 bits per heavy atom. The third-order valence-electron chi connectivity index (χ3n) is 9.91. The fourth-order valence-corrected chi connectivity index (χ4v) is 7.38. The number of benzene rings is 1. The molecule has 2 aliphatic carbocycles. The number of nitrogens with one attached hydrogen (secondary N) is 1. The molecule has 2 saturated carbocycles. The van der Waals surface area contributed by atoms with Gasteiger partial charge in [-0.3, -0.25) is 14.4 Å². The minimum absolute atomic E-state index is 0. The number of ether oxygens (including phenoxy) is 2. The first-order valence-corrected chi connectivity index (χ1v) is 14.7. The summed E-state index contributed by atoms with van der Waals surface area (Å²) >= 11 is 0. The average Bonchev–Trinajstić information content (AvgIpc) is 3.65. The molecule has 5 fully saturated rings. The Bertz CT molecular complexity index is 1050. The molecule has 3 heterocycles. The number of carbonyl (C=O) groups is 3. The topological polar surface area (TPSA) is 88.2 Å². The zero-order valence-corrected chi connectivity index (χ0v) is 28.5. The Labute approximate surface area is 278 Å². The van der Waals surface area contributed by atoms with Crippen molar-refractivity contribution in [2.75, 3.05) is 33.4 Å². The molecule has 8 nitrogen and oxygen atoms in total. The maximum absolute atomic E-state index is 13.9. The molecule has 0 radical (unpaired) electrons. The van der Waals surface area contributed by atoms with Gasteiger partial charge in [0.15, 0.2) is 5.78 Å². The molecule has 0 spiro atoms. The SMILES string of the molecule is CO[C@H]1CN(C(=O)[C@@H](NC(=O)c2ccc(C3CCN(C4CCC4)CC3)cc2)C2CCCC2)[C@@H]2C(=O)CO[C@H]12.S.S.S.S. The first-order valence-electron chi connectivity index (χ1n) is 14.7. The molecule has 2 amide bonds. The zero-order chi connectivity index (χ0) is 26.2. The molecule has 3 saturated heterocycles. The lowest BCUT2D eigenvalue weighted by atomic mass is 9.85. The summed E-state index contributed by atoms with van der Waals surface area (Å²) < 4.78 is 11.2. The molecule has 6 rings (SSSR count). The number of Topliss-reactive ketones (excluding diaryl/α,β-unsaturated/α-hetero) is 1. The predicted octanol–water partition coefficient (Wildman–Crippen LogP) is 3.35. The maximum Gasteiger partial charge on any atom is 0.251 e. The highest BCUT2D eigenvalue weighted by Gasteiger charge is 2.54. The van der Waals surface area contributed by atoms with Crippen molar-refractivity contribution in [2.24, 2.45) is 5.92 Å². The van der Waals surface area contributed by atoms with E-state index in [9.17, 15) is 14.4 Å². The Hall–Kier alpha value is -0.890. The second-order valence-corrected chi connectivity index (χ2v) is 12.0. The Morgan fingerprint density at radius 3 is 2.14 bits per heavy atom. The molecule has 5 aliphatic rings. The highest BCUT2D eigenvalue weighted by Crippen LogP contribution is 2.35. The van der Waals surface area contributed by atoms with Crippen LogP contribution >= 0.6 is 54.0 Å². The summed E-state index contributed by atoms with van der Waals surface area (Å²) in [6.45, 7) is 2.65. The van der Waals surface area contributed by atoms with Crippen molar-refractivity contribution in [1.82, 2.24) is 15.1 Å². The van der Waals surface area contributed by atoms with Crippen LogP contribution in [0, 0.1) is 5.92 Å². The molecule has 1 N–H and O–H groups in total. The molecule has 238 valence electrons. The van der Waals surface area contributed by atoms with E-state index < -0.39 is 18.2 Å². The molecule has 42 heavy (non-hydrogen) atoms. The van der Waals surface area contributed by atoms with Gasteiger partial charge in [-0.2, -0.15) is 54.0 Å². The van der Waals surface area contributed by atoms with Gasteiger partial charge < -0.3 is 24.6 Å². The Balaban J connectivity index is 0.00000154. The lowest BCUT2D eigenvalue weighted by Crippen LogP contribution is -2.54. The zero-order valence-electron chi connectivity index (χ0n) is 24.5. The standard InChI is InChI=1S/C30H41N3O5.4H2S/c1-37-25-17-33(27-24(34)18-38-28(25)27)30(36)26(21-5-2-3-6-21)31-29(35)22-11-9-19(10-12-22)20-13-15-32(16-14-20)23-7-4-8-23;;;;/h9-12,20-21,23,25-28H,2-8,13-18H2,1H3,(H,31,35);4*1H2/t25-,26-,27+,28+;;;;/m0..../s1. The highest BCUT2D eigenvalue weighted by atomic mass is 32.1. The van der Waals surface area contributed by atoms with E-state index in [0.29, 0.717) is 18.0 Å². The van der Waals surface area contributed by atoms with Crippen LogP contribution in [0.4, 0.5) is 0 Å². The van der Waals surface area contributed by atoms with Crippen molar-refractivity contribution in [2.45, 2.75) is 94.0 Å². The van der Waals surface area contributed by atoms with Crippen LogP contribution in [-0.2, 0) is 19.1 Å². The van der Waals surface area contributed by atoms with Crippen molar-refractivity contribution in [3.63, 3.8) is 0 Å². The summed E-state index contributed by atoms with van der Waals surface area (Å²) in [5, 5.41) is 3.08. The summed E-state index contributed by atoms with van der Waals surface area (Å²) in [5.41, 5.74) is 1.87. The van der Waals surface area contributed by atoms with E-state index in [1.165, 1.54) is 50.8 Å². The van der Waals surface area contributed by atoms with E-state index in [1.807, 2.05) is 12.1 Å². The molecule has 1 aromatic rings. The van der Waals surface area contributed by atoms with Gasteiger partial charge in [-0.15, -0.1) is 0 Å². The van der Waals surface area contributed by atoms with E-state index in [1.54, 1.807) is 12.0 Å². The van der Waals surface area contributed by atoms with Crippen LogP contribution in [0.2, 0.25) is 0 Å². The number of piperidine rings is 1. The number of ketones is 1. The van der Waals surface area contributed by atoms with Crippen LogP contribution in [0.1, 0.15) is 79.6 Å². The predicted molar refractivity (Wildman–Crippen MR) is 183 cm³/mol. The number of nitrogens with zero attached hydrogens (tertiary/aromatic N) is 2. The fourth-order valence-electron chi connectivity index (χ4n) is 7.38. The number of fused-ring (bicyclic) bond motifs is 1. The van der Waals surface area contributed by atoms with Crippen LogP contribution < -0.4 is 5.32 Å². The molecule has 1 aromatic carbocycles. The number of likely N-dealkylation sites (tertiary alicyclic amines) is 2. The fraction of sp³-hybridized carbons (Fsp3) is 0.700. The smallest absolute Gasteiger partial charge is 0.251 e. The monoisotopic (exact) mass is 659 g/mol. The quantitative estimate of drug-likeness (QED) is 0.484. The van der Waals surface area contributed by atoms with Crippen molar-refractivity contribution in [3.8, 4) is 0 Å². The summed E-state index contributed by atoms with van der Waals surface area (Å²) in [6.07, 6.45) is 9.57. The summed E-state index contributed by atoms with van der Waals surface area (Å²) in [4.78, 5) is 44.1. The third kappa shape index (κ3) is 7.49. The molecule has 4 atom stereocenters. The number of rotatable bonds is 7. The van der Waals surface area contributed by atoms with Crippen LogP contribution in [0.15, 0.2) is 24.3 Å². The van der Waals surface area contributed by atoms with Gasteiger partial charge in [-0.05, 0) is 81.1 Å². The van der Waals surface area contributed by atoms with Gasteiger partial charge in [0.2, 0.25) is 5.91 Å². The number of hydrogen-bond acceptors (Lipinski definition) is 6. The van der Waals surface area contributed by atoms with Gasteiger partial charge in [0.25, 0.3) is 5.91 Å². The van der Waals surface area contributed by atoms with E-state index >= 15 is 0 Å². The van der Waals surface area contributed by atoms with Crippen LogP contribution in [-0.4, -0.2) is 91.1 Å². The molecular formula is C30H49N3O5S4. The van der Waals surface area contributed by atoms with Crippen molar-refractivity contribution in [3.05, 3.63) is 35.4 Å². The van der Waals surface area contributed by atoms with Gasteiger partial charge in [0.05, 0.1) is 6.54 Å². The second-order valence-electron chi connectivity index (χ2n) is 12.0. The second kappa shape index (κ2) is 16.4. The largest absolute Gasteiger partial charge is 0.377 e. The van der Waals surface area contributed by atoms with E-state index in [0.717, 1.165) is 31.7 Å². The lowest BCUT2D eigenvalue weighted by Gasteiger charge is -2.42. The van der Waals surface area contributed by atoms with Gasteiger partial charge in [-0.25, -0.2) is 0 Å². The van der Waals surface area contributed by atoms with E-state index in [2.05, 4.69) is 22.3 Å². The minimum Gasteiger partial charge on any atom is -0.377 e. The first-order chi connectivity index (χ1) is 18.5. The number of hydrogen-bond donors (Lipinski definition) is 1. The Morgan fingerprint density at radius 2 is 1.57 bits per heavy atom. The lowest BCUT2D eigenvalue weighted by molar-refractivity contribution is -0.139. The van der Waals surface area contributed by atoms with Gasteiger partial charge >= 0.3 is 0 Å². The van der Waals surface area contributed by atoms with Crippen molar-refractivity contribution >= 4 is 71.6 Å². The van der Waals surface area contributed by atoms with Crippen molar-refractivity contribution in [1.29, 1.82) is 0 Å². The maximum atomic E-state index is 13.9. The van der Waals surface area contributed by atoms with Crippen LogP contribution in [0.3, 0.4) is 0 Å². The molecule has 0 bridgehead atoms. The third-order valence-corrected chi connectivity index (χ3v) is 9.91. The van der Waals surface area contributed by atoms with Crippen molar-refractivity contribution < 1.29 is 23.9 Å². The minimum atomic E-state index is -0.648. The summed E-state index contributed by atoms with van der Waals surface area (Å²) in [5.74, 6) is 0.111. The molecule has 12 heteroatoms. The van der Waals surface area contributed by atoms with E-state index in [4.69, 9.17) is 9.47 Å². The molecular weight excluding hydrogens is 611 g/mol. The number of carbonyl (C=O) groups excluding carboxylic acids is 3. The first kappa shape index (κ1) is 37.3. The summed E-state index contributed by atoms with van der Waals surface area (Å²) in [7, 11) is 1.58. The van der Waals surface area contributed by atoms with Gasteiger partial charge in [0, 0.05) is 18.7 Å². The van der Waals surface area contributed by atoms with Crippen LogP contribution in [0.5, 0.6) is 0 Å².